The zero-order valence-electron chi connectivity index (χ0n) is 12.7. The lowest BCUT2D eigenvalue weighted by Gasteiger charge is -2.31. The van der Waals surface area contributed by atoms with E-state index in [1.165, 1.54) is 26.8 Å². The summed E-state index contributed by atoms with van der Waals surface area (Å²) in [7, 11) is 0. The molecule has 0 fully saturated rings. The number of hydrogen-bond donors (Lipinski definition) is 0. The summed E-state index contributed by atoms with van der Waals surface area (Å²) in [5.41, 5.74) is -0.875. The van der Waals surface area contributed by atoms with Gasteiger partial charge in [0, 0.05) is 11.6 Å². The van der Waals surface area contributed by atoms with E-state index in [0.29, 0.717) is 0 Å². The van der Waals surface area contributed by atoms with Crippen molar-refractivity contribution < 1.29 is 22.0 Å². The highest BCUT2D eigenvalue weighted by Gasteiger charge is 2.48. The van der Waals surface area contributed by atoms with E-state index < -0.39 is 41.5 Å². The lowest BCUT2D eigenvalue weighted by atomic mass is 9.77. The Kier molecular flexibility index (Phi) is 7.25. The number of alkyl halides is 4. The molecule has 0 radical (unpaired) electrons. The highest BCUT2D eigenvalue weighted by molar-refractivity contribution is 5.35. The van der Waals surface area contributed by atoms with E-state index in [2.05, 4.69) is 0 Å². The first-order valence-corrected chi connectivity index (χ1v) is 6.55. The van der Waals surface area contributed by atoms with E-state index in [1.807, 2.05) is 0 Å². The summed E-state index contributed by atoms with van der Waals surface area (Å²) in [5.74, 6) is -6.30. The standard InChI is InChI=1S/C15H17F5N2/c1-8(7-22)13(10(3)9(2)11(4)16)14(15(18,19)20)12(17)5-6-21/h5,9-11,14H,1-4H3/b12-5?,13-8-/t9-,10?,11+,14?/m1/s1. The summed E-state index contributed by atoms with van der Waals surface area (Å²) in [4.78, 5) is 0. The summed E-state index contributed by atoms with van der Waals surface area (Å²) in [6, 6.07) is 2.78. The van der Waals surface area contributed by atoms with Crippen LogP contribution >= 0.6 is 0 Å². The van der Waals surface area contributed by atoms with Crippen molar-refractivity contribution in [1.82, 2.24) is 0 Å². The smallest absolute Gasteiger partial charge is 0.247 e. The maximum Gasteiger partial charge on any atom is 0.401 e. The fourth-order valence-corrected chi connectivity index (χ4v) is 2.19. The summed E-state index contributed by atoms with van der Waals surface area (Å²) in [6.45, 7) is 5.01. The third kappa shape index (κ3) is 4.84. The first-order valence-electron chi connectivity index (χ1n) is 6.55. The Labute approximate surface area is 126 Å². The molecule has 0 aromatic rings. The van der Waals surface area contributed by atoms with Crippen LogP contribution in [0.4, 0.5) is 22.0 Å². The molecule has 0 aliphatic rings. The maximum atomic E-state index is 13.8. The molecular formula is C15H17F5N2. The van der Waals surface area contributed by atoms with E-state index in [4.69, 9.17) is 10.5 Å². The summed E-state index contributed by atoms with van der Waals surface area (Å²) in [6.07, 6.45) is -6.31. The summed E-state index contributed by atoms with van der Waals surface area (Å²) < 4.78 is 67.0. The van der Waals surface area contributed by atoms with Gasteiger partial charge in [0.2, 0.25) is 0 Å². The highest BCUT2D eigenvalue weighted by atomic mass is 19.4. The molecule has 0 bridgehead atoms. The molecule has 0 aromatic heterocycles. The second kappa shape index (κ2) is 7.93. The molecular weight excluding hydrogens is 303 g/mol. The molecule has 0 aliphatic carbocycles. The average molecular weight is 320 g/mol. The van der Waals surface area contributed by atoms with Crippen LogP contribution in [0, 0.1) is 40.4 Å². The first kappa shape index (κ1) is 20.1. The van der Waals surface area contributed by atoms with Gasteiger partial charge in [-0.2, -0.15) is 23.7 Å². The maximum absolute atomic E-state index is 13.8. The number of rotatable bonds is 5. The van der Waals surface area contributed by atoms with Crippen molar-refractivity contribution in [3.05, 3.63) is 23.0 Å². The average Bonchev–Trinajstić information content (AvgIpc) is 2.40. The van der Waals surface area contributed by atoms with Crippen LogP contribution in [-0.2, 0) is 0 Å². The fourth-order valence-electron chi connectivity index (χ4n) is 2.19. The van der Waals surface area contributed by atoms with Crippen molar-refractivity contribution in [2.75, 3.05) is 0 Å². The van der Waals surface area contributed by atoms with Crippen LogP contribution in [0.3, 0.4) is 0 Å². The van der Waals surface area contributed by atoms with Gasteiger partial charge in [0.25, 0.3) is 0 Å². The predicted octanol–water partition coefficient (Wildman–Crippen LogP) is 5.01. The third-order valence-electron chi connectivity index (χ3n) is 3.72. The largest absolute Gasteiger partial charge is 0.401 e. The Bertz CT molecular complexity index is 532. The SMILES string of the molecule is C/C(C#N)=C(\C(C)[C@@H](C)[C@H](C)F)C(C(F)=CC#N)C(F)(F)F. The molecule has 0 N–H and O–H groups in total. The minimum absolute atomic E-state index is 0.152. The zero-order valence-corrected chi connectivity index (χ0v) is 12.7. The van der Waals surface area contributed by atoms with Crippen molar-refractivity contribution in [1.29, 1.82) is 10.5 Å². The molecule has 0 amide bonds. The molecule has 0 spiro atoms. The van der Waals surface area contributed by atoms with Crippen LogP contribution in [0.2, 0.25) is 0 Å². The van der Waals surface area contributed by atoms with Crippen LogP contribution in [0.25, 0.3) is 0 Å². The Morgan fingerprint density at radius 2 is 1.64 bits per heavy atom. The van der Waals surface area contributed by atoms with E-state index in [0.717, 1.165) is 6.92 Å². The van der Waals surface area contributed by atoms with Crippen molar-refractivity contribution in [2.45, 2.75) is 40.0 Å². The second-order valence-corrected chi connectivity index (χ2v) is 5.15. The topological polar surface area (TPSA) is 47.6 Å². The van der Waals surface area contributed by atoms with Gasteiger partial charge in [-0.3, -0.25) is 0 Å². The summed E-state index contributed by atoms with van der Waals surface area (Å²) >= 11 is 0. The minimum atomic E-state index is -5.03. The van der Waals surface area contributed by atoms with Gasteiger partial charge < -0.3 is 0 Å². The predicted molar refractivity (Wildman–Crippen MR) is 71.6 cm³/mol. The van der Waals surface area contributed by atoms with Gasteiger partial charge in [-0.25, -0.2) is 8.78 Å². The third-order valence-corrected chi connectivity index (χ3v) is 3.72. The number of halogens is 5. The number of allylic oxidation sites excluding steroid dienone is 4. The van der Waals surface area contributed by atoms with E-state index in [-0.39, 0.29) is 11.6 Å². The molecule has 7 heteroatoms. The fraction of sp³-hybridized carbons (Fsp3) is 0.600. The lowest BCUT2D eigenvalue weighted by molar-refractivity contribution is -0.160. The van der Waals surface area contributed by atoms with Crippen LogP contribution in [0.15, 0.2) is 23.0 Å². The Hall–Kier alpha value is -1.89. The van der Waals surface area contributed by atoms with Crippen LogP contribution < -0.4 is 0 Å². The molecule has 2 unspecified atom stereocenters. The van der Waals surface area contributed by atoms with Crippen molar-refractivity contribution >= 4 is 0 Å². The Morgan fingerprint density at radius 1 is 1.14 bits per heavy atom. The molecule has 0 aromatic carbocycles. The monoisotopic (exact) mass is 320 g/mol. The van der Waals surface area contributed by atoms with Crippen molar-refractivity contribution in [3.8, 4) is 12.1 Å². The molecule has 0 heterocycles. The zero-order chi connectivity index (χ0) is 17.7. The highest BCUT2D eigenvalue weighted by Crippen LogP contribution is 2.44. The van der Waals surface area contributed by atoms with E-state index >= 15 is 0 Å². The number of nitrogens with zero attached hydrogens (tertiary/aromatic N) is 2. The number of hydrogen-bond acceptors (Lipinski definition) is 2. The molecule has 4 atom stereocenters. The van der Waals surface area contributed by atoms with E-state index in [9.17, 15) is 22.0 Å². The molecule has 0 saturated heterocycles. The van der Waals surface area contributed by atoms with Gasteiger partial charge in [0.15, 0.2) is 0 Å². The normalized spacial score (nSPS) is 19.3. The Morgan fingerprint density at radius 3 is 1.95 bits per heavy atom. The van der Waals surface area contributed by atoms with Crippen LogP contribution in [0.1, 0.15) is 27.7 Å². The van der Waals surface area contributed by atoms with Crippen molar-refractivity contribution in [3.63, 3.8) is 0 Å². The number of nitriles is 2. The quantitative estimate of drug-likeness (QED) is 0.528. The van der Waals surface area contributed by atoms with Crippen LogP contribution in [-0.4, -0.2) is 12.3 Å². The Balaban J connectivity index is 6.25. The second-order valence-electron chi connectivity index (χ2n) is 5.15. The van der Waals surface area contributed by atoms with Crippen molar-refractivity contribution in [2.24, 2.45) is 17.8 Å². The molecule has 0 saturated carbocycles. The van der Waals surface area contributed by atoms with Gasteiger partial charge in [-0.05, 0) is 31.3 Å². The van der Waals surface area contributed by atoms with E-state index in [1.54, 1.807) is 6.07 Å². The van der Waals surface area contributed by atoms with Gasteiger partial charge in [0.05, 0.1) is 12.1 Å². The summed E-state index contributed by atoms with van der Waals surface area (Å²) in [5, 5.41) is 17.3. The minimum Gasteiger partial charge on any atom is -0.247 e. The molecule has 22 heavy (non-hydrogen) atoms. The van der Waals surface area contributed by atoms with Gasteiger partial charge in [-0.1, -0.05) is 13.8 Å². The first-order chi connectivity index (χ1) is 9.98. The van der Waals surface area contributed by atoms with Gasteiger partial charge in [0.1, 0.15) is 17.9 Å². The molecule has 0 rings (SSSR count). The van der Waals surface area contributed by atoms with Crippen LogP contribution in [0.5, 0.6) is 0 Å². The van der Waals surface area contributed by atoms with Gasteiger partial charge >= 0.3 is 6.18 Å². The van der Waals surface area contributed by atoms with Gasteiger partial charge in [-0.15, -0.1) is 0 Å². The molecule has 0 aliphatic heterocycles. The molecule has 2 nitrogen and oxygen atoms in total. The molecule has 122 valence electrons. The lowest BCUT2D eigenvalue weighted by Crippen LogP contribution is -2.32.